The van der Waals surface area contributed by atoms with E-state index in [0.29, 0.717) is 12.0 Å². The summed E-state index contributed by atoms with van der Waals surface area (Å²) in [5.41, 5.74) is 3.98. The third kappa shape index (κ3) is 3.49. The number of ether oxygens (including phenoxy) is 1. The van der Waals surface area contributed by atoms with E-state index in [1.807, 2.05) is 0 Å². The van der Waals surface area contributed by atoms with E-state index in [1.54, 1.807) is 0 Å². The Morgan fingerprint density at radius 1 is 1.24 bits per heavy atom. The fourth-order valence-electron chi connectivity index (χ4n) is 3.99. The lowest BCUT2D eigenvalue weighted by atomic mass is 9.77. The van der Waals surface area contributed by atoms with Crippen molar-refractivity contribution in [3.05, 3.63) is 34.9 Å². The fourth-order valence-corrected chi connectivity index (χ4v) is 3.99. The van der Waals surface area contributed by atoms with E-state index in [1.165, 1.54) is 16.7 Å². The molecule has 2 atom stereocenters. The van der Waals surface area contributed by atoms with Gasteiger partial charge in [0.25, 0.3) is 0 Å². The lowest BCUT2D eigenvalue weighted by Crippen LogP contribution is -2.38. The summed E-state index contributed by atoms with van der Waals surface area (Å²) < 4.78 is 6.32. The van der Waals surface area contributed by atoms with E-state index in [4.69, 9.17) is 4.74 Å². The van der Waals surface area contributed by atoms with Crippen LogP contribution in [0.4, 0.5) is 0 Å². The Morgan fingerprint density at radius 3 is 2.38 bits per heavy atom. The highest BCUT2D eigenvalue weighted by atomic mass is 16.5. The van der Waals surface area contributed by atoms with Crippen molar-refractivity contribution in [1.29, 1.82) is 0 Å². The monoisotopic (exact) mass is 289 g/mol. The summed E-state index contributed by atoms with van der Waals surface area (Å²) in [7, 11) is 0. The standard InChI is InChI=1S/C19H31NO/c1-8-20-17(15-10-9-13(2)11-14(15)3)16-12-18(4,5)21-19(16,6)7/h9-11,16-17,20H,8,12H2,1-7H3. The van der Waals surface area contributed by atoms with E-state index in [9.17, 15) is 0 Å². The van der Waals surface area contributed by atoms with Crippen LogP contribution in [-0.4, -0.2) is 17.7 Å². The molecule has 1 aliphatic heterocycles. The minimum atomic E-state index is -0.104. The highest BCUT2D eigenvalue weighted by Crippen LogP contribution is 2.48. The first kappa shape index (κ1) is 16.5. The first-order valence-electron chi connectivity index (χ1n) is 8.17. The molecule has 0 aromatic heterocycles. The Morgan fingerprint density at radius 2 is 1.90 bits per heavy atom. The molecule has 2 rings (SSSR count). The molecule has 1 aliphatic rings. The maximum atomic E-state index is 6.32. The zero-order chi connectivity index (χ0) is 15.8. The van der Waals surface area contributed by atoms with E-state index in [2.05, 4.69) is 72.0 Å². The third-order valence-electron chi connectivity index (χ3n) is 4.73. The SMILES string of the molecule is CCNC(c1ccc(C)cc1C)C1CC(C)(C)OC1(C)C. The molecule has 1 fully saturated rings. The average molecular weight is 289 g/mol. The van der Waals surface area contributed by atoms with Crippen LogP contribution in [0.2, 0.25) is 0 Å². The summed E-state index contributed by atoms with van der Waals surface area (Å²) in [5, 5.41) is 3.71. The van der Waals surface area contributed by atoms with Gasteiger partial charge in [-0.3, -0.25) is 0 Å². The molecular formula is C19H31NO. The quantitative estimate of drug-likeness (QED) is 0.878. The summed E-state index contributed by atoms with van der Waals surface area (Å²) in [6.45, 7) is 16.4. The van der Waals surface area contributed by atoms with Gasteiger partial charge in [0.05, 0.1) is 11.2 Å². The fraction of sp³-hybridized carbons (Fsp3) is 0.684. The van der Waals surface area contributed by atoms with Crippen molar-refractivity contribution >= 4 is 0 Å². The minimum Gasteiger partial charge on any atom is -0.369 e. The molecule has 0 spiro atoms. The van der Waals surface area contributed by atoms with Gasteiger partial charge in [0.1, 0.15) is 0 Å². The molecule has 0 aliphatic carbocycles. The highest BCUT2D eigenvalue weighted by molar-refractivity contribution is 5.34. The first-order chi connectivity index (χ1) is 9.66. The van der Waals surface area contributed by atoms with Gasteiger partial charge in [0, 0.05) is 12.0 Å². The molecule has 118 valence electrons. The Bertz CT molecular complexity index is 504. The molecule has 1 aromatic rings. The maximum Gasteiger partial charge on any atom is 0.0681 e. The van der Waals surface area contributed by atoms with Crippen LogP contribution in [0, 0.1) is 19.8 Å². The zero-order valence-corrected chi connectivity index (χ0v) is 14.7. The molecule has 2 unspecified atom stereocenters. The van der Waals surface area contributed by atoms with Crippen LogP contribution in [0.25, 0.3) is 0 Å². The van der Waals surface area contributed by atoms with E-state index < -0.39 is 0 Å². The second-order valence-corrected chi connectivity index (χ2v) is 7.67. The van der Waals surface area contributed by atoms with Crippen molar-refractivity contribution in [2.24, 2.45) is 5.92 Å². The Kier molecular flexibility index (Phi) is 4.51. The summed E-state index contributed by atoms with van der Waals surface area (Å²) >= 11 is 0. The lowest BCUT2D eigenvalue weighted by Gasteiger charge is -2.34. The largest absolute Gasteiger partial charge is 0.369 e. The van der Waals surface area contributed by atoms with Gasteiger partial charge in [-0.1, -0.05) is 30.7 Å². The molecule has 2 nitrogen and oxygen atoms in total. The molecule has 1 heterocycles. The summed E-state index contributed by atoms with van der Waals surface area (Å²) in [6, 6.07) is 7.15. The van der Waals surface area contributed by atoms with Gasteiger partial charge >= 0.3 is 0 Å². The van der Waals surface area contributed by atoms with E-state index >= 15 is 0 Å². The van der Waals surface area contributed by atoms with Gasteiger partial charge in [0.15, 0.2) is 0 Å². The van der Waals surface area contributed by atoms with Crippen molar-refractivity contribution < 1.29 is 4.74 Å². The molecule has 0 bridgehead atoms. The third-order valence-corrected chi connectivity index (χ3v) is 4.73. The number of rotatable bonds is 4. The van der Waals surface area contributed by atoms with E-state index in [-0.39, 0.29) is 11.2 Å². The second kappa shape index (κ2) is 5.73. The van der Waals surface area contributed by atoms with Crippen molar-refractivity contribution in [2.45, 2.75) is 72.1 Å². The summed E-state index contributed by atoms with van der Waals surface area (Å²) in [6.07, 6.45) is 1.09. The van der Waals surface area contributed by atoms with Gasteiger partial charge in [0.2, 0.25) is 0 Å². The zero-order valence-electron chi connectivity index (χ0n) is 14.7. The molecule has 1 N–H and O–H groups in total. The number of nitrogens with one attached hydrogen (secondary N) is 1. The predicted molar refractivity (Wildman–Crippen MR) is 89.7 cm³/mol. The van der Waals surface area contributed by atoms with Crippen LogP contribution in [0.5, 0.6) is 0 Å². The minimum absolute atomic E-state index is 0.0412. The Balaban J connectivity index is 2.39. The van der Waals surface area contributed by atoms with Crippen LogP contribution in [0.1, 0.15) is 63.8 Å². The van der Waals surface area contributed by atoms with Gasteiger partial charge in [-0.2, -0.15) is 0 Å². The first-order valence-corrected chi connectivity index (χ1v) is 8.17. The molecular weight excluding hydrogens is 258 g/mol. The molecule has 1 aromatic carbocycles. The topological polar surface area (TPSA) is 21.3 Å². The normalized spacial score (nSPS) is 25.0. The smallest absolute Gasteiger partial charge is 0.0681 e. The number of hydrogen-bond donors (Lipinski definition) is 1. The van der Waals surface area contributed by atoms with Gasteiger partial charge in [-0.25, -0.2) is 0 Å². The molecule has 0 saturated carbocycles. The van der Waals surface area contributed by atoms with E-state index in [0.717, 1.165) is 13.0 Å². The average Bonchev–Trinajstić information content (AvgIpc) is 2.55. The van der Waals surface area contributed by atoms with Crippen LogP contribution < -0.4 is 5.32 Å². The number of benzene rings is 1. The predicted octanol–water partition coefficient (Wildman–Crippen LogP) is 4.55. The molecule has 2 heteroatoms. The van der Waals surface area contributed by atoms with Crippen LogP contribution >= 0.6 is 0 Å². The van der Waals surface area contributed by atoms with Crippen molar-refractivity contribution in [2.75, 3.05) is 6.54 Å². The van der Waals surface area contributed by atoms with Gasteiger partial charge < -0.3 is 10.1 Å². The van der Waals surface area contributed by atoms with Crippen LogP contribution in [-0.2, 0) is 4.74 Å². The molecule has 0 amide bonds. The molecule has 21 heavy (non-hydrogen) atoms. The highest BCUT2D eigenvalue weighted by Gasteiger charge is 2.49. The number of aryl methyl sites for hydroxylation is 2. The number of hydrogen-bond acceptors (Lipinski definition) is 2. The molecule has 0 radical (unpaired) electrons. The Hall–Kier alpha value is -0.860. The van der Waals surface area contributed by atoms with Gasteiger partial charge in [-0.15, -0.1) is 0 Å². The Labute approximate surface area is 130 Å². The second-order valence-electron chi connectivity index (χ2n) is 7.67. The summed E-state index contributed by atoms with van der Waals surface area (Å²) in [5.74, 6) is 0.480. The maximum absolute atomic E-state index is 6.32. The van der Waals surface area contributed by atoms with Crippen molar-refractivity contribution in [3.8, 4) is 0 Å². The van der Waals surface area contributed by atoms with Crippen molar-refractivity contribution in [3.63, 3.8) is 0 Å². The van der Waals surface area contributed by atoms with Crippen LogP contribution in [0.15, 0.2) is 18.2 Å². The molecule has 1 saturated heterocycles. The van der Waals surface area contributed by atoms with Crippen LogP contribution in [0.3, 0.4) is 0 Å². The summed E-state index contributed by atoms with van der Waals surface area (Å²) in [4.78, 5) is 0. The van der Waals surface area contributed by atoms with Gasteiger partial charge in [-0.05, 0) is 65.6 Å². The lowest BCUT2D eigenvalue weighted by molar-refractivity contribution is -0.0778. The van der Waals surface area contributed by atoms with Crippen molar-refractivity contribution in [1.82, 2.24) is 5.32 Å².